The van der Waals surface area contributed by atoms with Crippen molar-refractivity contribution in [1.82, 2.24) is 4.90 Å². The molecular weight excluding hydrogens is 450 g/mol. The molecule has 0 spiro atoms. The third-order valence-corrected chi connectivity index (χ3v) is 6.63. The first-order valence-corrected chi connectivity index (χ1v) is 12.4. The molecule has 1 heterocycles. The lowest BCUT2D eigenvalue weighted by molar-refractivity contribution is -0.155. The average molecular weight is 486 g/mol. The van der Waals surface area contributed by atoms with E-state index in [4.69, 9.17) is 13.7 Å². The Balaban J connectivity index is 2.13. The molecule has 1 saturated heterocycles. The van der Waals surface area contributed by atoms with Gasteiger partial charge in [-0.05, 0) is 72.4 Å². The number of hydrogen-bond acceptors (Lipinski definition) is 7. The van der Waals surface area contributed by atoms with E-state index in [1.807, 2.05) is 6.92 Å². The second kappa shape index (κ2) is 10.4. The molecule has 0 aromatic heterocycles. The van der Waals surface area contributed by atoms with Gasteiger partial charge in [0.2, 0.25) is 0 Å². The largest absolute Gasteiger partial charge is 0.465 e. The smallest absolute Gasteiger partial charge is 0.409 e. The van der Waals surface area contributed by atoms with Crippen molar-refractivity contribution in [2.75, 3.05) is 13.2 Å². The number of esters is 1. The van der Waals surface area contributed by atoms with E-state index in [2.05, 4.69) is 0 Å². The van der Waals surface area contributed by atoms with E-state index in [0.717, 1.165) is 5.56 Å². The fourth-order valence-corrected chi connectivity index (χ4v) is 4.75. The van der Waals surface area contributed by atoms with Crippen LogP contribution >= 0.6 is 0 Å². The SMILES string of the molecule is Cc1ccc(S(=O)(=O)OCC(CCC(=O)OC(C)(C)C)CC2COC(C)(C)N2C(=O)O)cc1. The molecule has 1 N–H and O–H groups in total. The van der Waals surface area contributed by atoms with E-state index < -0.39 is 45.5 Å². The fraction of sp³-hybridized carbons (Fsp3) is 0.652. The first kappa shape index (κ1) is 27.1. The molecule has 0 radical (unpaired) electrons. The van der Waals surface area contributed by atoms with Gasteiger partial charge in [-0.1, -0.05) is 17.7 Å². The maximum absolute atomic E-state index is 12.6. The quantitative estimate of drug-likeness (QED) is 0.413. The zero-order valence-corrected chi connectivity index (χ0v) is 21.0. The van der Waals surface area contributed by atoms with E-state index in [0.29, 0.717) is 0 Å². The number of carbonyl (C=O) groups is 2. The molecule has 9 nitrogen and oxygen atoms in total. The van der Waals surface area contributed by atoms with Crippen LogP contribution in [-0.4, -0.2) is 61.1 Å². The number of aryl methyl sites for hydroxylation is 1. The summed E-state index contributed by atoms with van der Waals surface area (Å²) in [5, 5.41) is 9.65. The van der Waals surface area contributed by atoms with E-state index in [1.54, 1.807) is 46.8 Å². The molecule has 1 aromatic carbocycles. The third-order valence-electron chi connectivity index (χ3n) is 5.33. The van der Waals surface area contributed by atoms with Crippen LogP contribution in [0, 0.1) is 12.8 Å². The topological polar surface area (TPSA) is 119 Å². The van der Waals surface area contributed by atoms with Gasteiger partial charge < -0.3 is 14.6 Å². The minimum atomic E-state index is -4.00. The molecule has 1 fully saturated rings. The lowest BCUT2D eigenvalue weighted by Gasteiger charge is -2.32. The van der Waals surface area contributed by atoms with Gasteiger partial charge in [-0.3, -0.25) is 13.9 Å². The predicted octanol–water partition coefficient (Wildman–Crippen LogP) is 3.94. The van der Waals surface area contributed by atoms with Crippen LogP contribution in [0.2, 0.25) is 0 Å². The molecule has 1 amide bonds. The normalized spacial score (nSPS) is 19.3. The van der Waals surface area contributed by atoms with Crippen molar-refractivity contribution in [3.63, 3.8) is 0 Å². The molecule has 1 aliphatic heterocycles. The van der Waals surface area contributed by atoms with Gasteiger partial charge in [0, 0.05) is 6.42 Å². The number of ether oxygens (including phenoxy) is 2. The molecule has 0 bridgehead atoms. The summed E-state index contributed by atoms with van der Waals surface area (Å²) in [5.74, 6) is -0.825. The van der Waals surface area contributed by atoms with Crippen molar-refractivity contribution < 1.29 is 36.8 Å². The monoisotopic (exact) mass is 485 g/mol. The number of rotatable bonds is 9. The summed E-state index contributed by atoms with van der Waals surface area (Å²) < 4.78 is 41.6. The van der Waals surface area contributed by atoms with Crippen LogP contribution in [0.4, 0.5) is 4.79 Å². The summed E-state index contributed by atoms with van der Waals surface area (Å²) >= 11 is 0. The summed E-state index contributed by atoms with van der Waals surface area (Å²) in [6.07, 6.45) is -0.508. The summed E-state index contributed by atoms with van der Waals surface area (Å²) in [5.41, 5.74) is -0.718. The zero-order chi connectivity index (χ0) is 25.0. The number of amides is 1. The molecule has 0 saturated carbocycles. The van der Waals surface area contributed by atoms with Gasteiger partial charge >= 0.3 is 12.1 Å². The van der Waals surface area contributed by atoms with Crippen molar-refractivity contribution in [3.8, 4) is 0 Å². The van der Waals surface area contributed by atoms with Crippen molar-refractivity contribution in [2.24, 2.45) is 5.92 Å². The standard InChI is InChI=1S/C23H35NO8S/c1-16-7-10-19(11-8-16)33(28,29)31-14-17(9-12-20(25)32-22(2,3)4)13-18-15-30-23(5,6)24(18)21(26)27/h7-8,10-11,17-18H,9,12-15H2,1-6H3,(H,26,27). The summed E-state index contributed by atoms with van der Waals surface area (Å²) in [6, 6.07) is 5.81. The Labute approximate surface area is 196 Å². The maximum Gasteiger partial charge on any atom is 0.409 e. The molecule has 1 aromatic rings. The number of hydrogen-bond donors (Lipinski definition) is 1. The molecule has 1 aliphatic rings. The summed E-state index contributed by atoms with van der Waals surface area (Å²) in [4.78, 5) is 25.3. The first-order valence-electron chi connectivity index (χ1n) is 10.9. The van der Waals surface area contributed by atoms with Crippen molar-refractivity contribution in [3.05, 3.63) is 29.8 Å². The second-order valence-electron chi connectivity index (χ2n) is 9.84. The minimum absolute atomic E-state index is 0.0384. The maximum atomic E-state index is 12.6. The highest BCUT2D eigenvalue weighted by Gasteiger charge is 2.44. The van der Waals surface area contributed by atoms with Gasteiger partial charge in [0.05, 0.1) is 24.2 Å². The van der Waals surface area contributed by atoms with Gasteiger partial charge in [-0.15, -0.1) is 0 Å². The highest BCUT2D eigenvalue weighted by atomic mass is 32.2. The Morgan fingerprint density at radius 2 is 1.85 bits per heavy atom. The van der Waals surface area contributed by atoms with Crippen LogP contribution < -0.4 is 0 Å². The van der Waals surface area contributed by atoms with Gasteiger partial charge in [-0.25, -0.2) is 4.79 Å². The van der Waals surface area contributed by atoms with Gasteiger partial charge in [0.15, 0.2) is 0 Å². The highest BCUT2D eigenvalue weighted by Crippen LogP contribution is 2.32. The van der Waals surface area contributed by atoms with Crippen LogP contribution in [0.3, 0.4) is 0 Å². The van der Waals surface area contributed by atoms with Crippen LogP contribution in [0.5, 0.6) is 0 Å². The molecule has 2 atom stereocenters. The third kappa shape index (κ3) is 7.97. The Kier molecular flexibility index (Phi) is 8.53. The van der Waals surface area contributed by atoms with E-state index in [-0.39, 0.29) is 37.4 Å². The number of benzene rings is 1. The van der Waals surface area contributed by atoms with Crippen molar-refractivity contribution in [1.29, 1.82) is 0 Å². The van der Waals surface area contributed by atoms with Crippen LogP contribution in [0.1, 0.15) is 59.4 Å². The molecule has 186 valence electrons. The van der Waals surface area contributed by atoms with E-state index in [1.165, 1.54) is 17.0 Å². The fourth-order valence-electron chi connectivity index (χ4n) is 3.77. The Hall–Kier alpha value is -2.17. The van der Waals surface area contributed by atoms with Gasteiger partial charge in [0.1, 0.15) is 11.3 Å². The molecule has 10 heteroatoms. The van der Waals surface area contributed by atoms with Crippen LogP contribution in [-0.2, 0) is 28.6 Å². The highest BCUT2D eigenvalue weighted by molar-refractivity contribution is 7.86. The average Bonchev–Trinajstić information content (AvgIpc) is 2.97. The van der Waals surface area contributed by atoms with E-state index >= 15 is 0 Å². The number of carboxylic acid groups (broad SMARTS) is 1. The number of nitrogens with zero attached hydrogens (tertiary/aromatic N) is 1. The van der Waals surface area contributed by atoms with Crippen LogP contribution in [0.15, 0.2) is 29.2 Å². The van der Waals surface area contributed by atoms with Gasteiger partial charge in [-0.2, -0.15) is 8.42 Å². The first-order chi connectivity index (χ1) is 15.1. The summed E-state index contributed by atoms with van der Waals surface area (Å²) in [6.45, 7) is 10.5. The van der Waals surface area contributed by atoms with Crippen LogP contribution in [0.25, 0.3) is 0 Å². The molecule has 2 unspecified atom stereocenters. The lowest BCUT2D eigenvalue weighted by Crippen LogP contribution is -2.47. The Morgan fingerprint density at radius 1 is 1.24 bits per heavy atom. The lowest BCUT2D eigenvalue weighted by atomic mass is 9.95. The Morgan fingerprint density at radius 3 is 2.39 bits per heavy atom. The molecule has 0 aliphatic carbocycles. The van der Waals surface area contributed by atoms with Crippen molar-refractivity contribution in [2.45, 2.75) is 83.1 Å². The van der Waals surface area contributed by atoms with E-state index in [9.17, 15) is 23.1 Å². The molecule has 2 rings (SSSR count). The van der Waals surface area contributed by atoms with Gasteiger partial charge in [0.25, 0.3) is 10.1 Å². The Bertz CT molecular complexity index is 934. The predicted molar refractivity (Wildman–Crippen MR) is 121 cm³/mol. The zero-order valence-electron chi connectivity index (χ0n) is 20.2. The number of carbonyl (C=O) groups excluding carboxylic acids is 1. The second-order valence-corrected chi connectivity index (χ2v) is 11.5. The summed E-state index contributed by atoms with van der Waals surface area (Å²) in [7, 11) is -4.00. The molecular formula is C23H35NO8S. The molecule has 33 heavy (non-hydrogen) atoms. The minimum Gasteiger partial charge on any atom is -0.465 e. The van der Waals surface area contributed by atoms with Crippen molar-refractivity contribution >= 4 is 22.2 Å².